The number of pyridine rings is 1. The van der Waals surface area contributed by atoms with E-state index in [2.05, 4.69) is 55.1 Å². The topological polar surface area (TPSA) is 119 Å². The average Bonchev–Trinajstić information content (AvgIpc) is 3.70. The normalized spacial score (nSPS) is 14.0. The van der Waals surface area contributed by atoms with Gasteiger partial charge in [-0.15, -0.1) is 11.3 Å². The Hall–Kier alpha value is -6.85. The number of hydrogen-bond acceptors (Lipinski definition) is 9. The molecule has 0 fully saturated rings. The van der Waals surface area contributed by atoms with E-state index in [1.165, 1.54) is 37.0 Å². The summed E-state index contributed by atoms with van der Waals surface area (Å²) in [6.07, 6.45) is 13.5. The SMILES string of the molecule is CCCCCCOc1ccc(N(c2ccc(OCCCCCC)cc2)c2ccc(-c3sc(C4=C(O)/C(=C/c5ccc6cc(/C=C/C(=O)O)ccc6[n+]5C)C4=O)c4c3OCCO4)cc2)cc1. The van der Waals surface area contributed by atoms with Crippen LogP contribution in [0, 0.1) is 0 Å². The number of allylic oxidation sites excluding steroid dienone is 2. The number of ketones is 1. The summed E-state index contributed by atoms with van der Waals surface area (Å²) < 4.78 is 26.5. The summed E-state index contributed by atoms with van der Waals surface area (Å²) in [7, 11) is 1.88. The van der Waals surface area contributed by atoms with Crippen molar-refractivity contribution in [2.45, 2.75) is 65.2 Å². The molecular formula is C54H55N2O8S+. The predicted octanol–water partition coefficient (Wildman–Crippen LogP) is 12.6. The van der Waals surface area contributed by atoms with Crippen LogP contribution in [0.3, 0.4) is 0 Å². The molecule has 10 nitrogen and oxygen atoms in total. The highest BCUT2D eigenvalue weighted by atomic mass is 32.1. The second-order valence-corrected chi connectivity index (χ2v) is 17.2. The Morgan fingerprint density at radius 2 is 1.31 bits per heavy atom. The van der Waals surface area contributed by atoms with Gasteiger partial charge in [-0.05, 0) is 109 Å². The van der Waals surface area contributed by atoms with Crippen LogP contribution >= 0.6 is 11.3 Å². The van der Waals surface area contributed by atoms with Crippen LogP contribution in [-0.4, -0.2) is 48.4 Å². The molecule has 2 aliphatic rings. The number of nitrogens with zero attached hydrogens (tertiary/aromatic N) is 2. The van der Waals surface area contributed by atoms with Gasteiger partial charge in [0.25, 0.3) is 0 Å². The Balaban J connectivity index is 1.06. The standard InChI is InChI=1S/C54H54N2O8S/c1-4-6-8-10-30-61-43-24-20-40(21-25-43)56(41-22-26-44(27-23-41)62-31-11-9-7-5-2)39-17-14-37(15-18-39)53-51-52(64-33-32-63-51)54(65-53)48-49(59)45(50(48)60)35-42-19-16-38-34-36(13-29-47(57)58)12-28-46(38)55(42)3/h12-29,34-35H,4-11,30-33H2,1-3H3,(H-,57,58,59,60)/p+1/b29-13+. The van der Waals surface area contributed by atoms with Gasteiger partial charge in [-0.25, -0.2) is 4.79 Å². The number of rotatable bonds is 20. The Kier molecular flexibility index (Phi) is 14.3. The van der Waals surface area contributed by atoms with E-state index in [0.717, 1.165) is 87.2 Å². The number of carbonyl (C=O) groups is 2. The number of aliphatic hydroxyl groups excluding tert-OH is 1. The zero-order valence-corrected chi connectivity index (χ0v) is 38.0. The number of aliphatic carboxylic acids is 1. The third kappa shape index (κ3) is 10.1. The van der Waals surface area contributed by atoms with Crippen molar-refractivity contribution in [1.82, 2.24) is 0 Å². The number of anilines is 3. The van der Waals surface area contributed by atoms with E-state index in [1.54, 1.807) is 12.2 Å². The first-order valence-corrected chi connectivity index (χ1v) is 23.4. The minimum atomic E-state index is -1.01. The van der Waals surface area contributed by atoms with Crippen molar-refractivity contribution >= 4 is 68.8 Å². The zero-order chi connectivity index (χ0) is 45.3. The molecule has 0 unspecified atom stereocenters. The molecule has 4 aromatic carbocycles. The predicted molar refractivity (Wildman–Crippen MR) is 259 cm³/mol. The summed E-state index contributed by atoms with van der Waals surface area (Å²) in [6, 6.07) is 34.1. The number of thiophene rings is 1. The molecule has 0 saturated heterocycles. The smallest absolute Gasteiger partial charge is 0.328 e. The molecule has 0 bridgehead atoms. The van der Waals surface area contributed by atoms with Crippen LogP contribution in [0.15, 0.2) is 121 Å². The maximum absolute atomic E-state index is 13.9. The highest BCUT2D eigenvalue weighted by Crippen LogP contribution is 2.55. The number of benzene rings is 4. The Labute approximate surface area is 384 Å². The van der Waals surface area contributed by atoms with Crippen LogP contribution in [0.4, 0.5) is 17.1 Å². The lowest BCUT2D eigenvalue weighted by Crippen LogP contribution is -2.33. The molecule has 0 saturated carbocycles. The number of carboxylic acids is 1. The molecule has 6 aromatic rings. The third-order valence-electron chi connectivity index (χ3n) is 11.6. The van der Waals surface area contributed by atoms with Gasteiger partial charge in [0.2, 0.25) is 17.0 Å². The van der Waals surface area contributed by atoms with E-state index in [0.29, 0.717) is 48.5 Å². The molecule has 65 heavy (non-hydrogen) atoms. The molecule has 2 N–H and O–H groups in total. The number of ether oxygens (including phenoxy) is 4. The van der Waals surface area contributed by atoms with Crippen molar-refractivity contribution in [3.8, 4) is 33.4 Å². The molecular weight excluding hydrogens is 837 g/mol. The number of unbranched alkanes of at least 4 members (excludes halogenated alkanes) is 6. The van der Waals surface area contributed by atoms with E-state index in [4.69, 9.17) is 24.1 Å². The Morgan fingerprint density at radius 3 is 1.86 bits per heavy atom. The van der Waals surface area contributed by atoms with Gasteiger partial charge in [0.1, 0.15) is 37.5 Å². The summed E-state index contributed by atoms with van der Waals surface area (Å²) in [5, 5.41) is 21.4. The van der Waals surface area contributed by atoms with Gasteiger partial charge in [-0.3, -0.25) is 4.79 Å². The minimum absolute atomic E-state index is 0.0964. The number of fused-ring (bicyclic) bond motifs is 2. The van der Waals surface area contributed by atoms with Crippen LogP contribution in [0.25, 0.3) is 39.1 Å². The van der Waals surface area contributed by atoms with E-state index >= 15 is 0 Å². The van der Waals surface area contributed by atoms with E-state index in [1.807, 2.05) is 78.3 Å². The van der Waals surface area contributed by atoms with Crippen molar-refractivity contribution < 1.29 is 43.3 Å². The molecule has 1 aliphatic heterocycles. The Bertz CT molecular complexity index is 2690. The highest BCUT2D eigenvalue weighted by molar-refractivity contribution is 7.18. The summed E-state index contributed by atoms with van der Waals surface area (Å²) >= 11 is 1.37. The molecule has 1 aliphatic carbocycles. The Morgan fingerprint density at radius 1 is 0.738 bits per heavy atom. The van der Waals surface area contributed by atoms with E-state index in [-0.39, 0.29) is 22.7 Å². The van der Waals surface area contributed by atoms with Gasteiger partial charge in [0.15, 0.2) is 11.5 Å². The lowest BCUT2D eigenvalue weighted by Gasteiger charge is -2.26. The molecule has 0 spiro atoms. The van der Waals surface area contributed by atoms with Crippen LogP contribution in [-0.2, 0) is 16.6 Å². The number of Topliss-reactive ketones (excluding diaryl/α,β-unsaturated/α-hetero) is 1. The second kappa shape index (κ2) is 20.8. The van der Waals surface area contributed by atoms with Crippen molar-refractivity contribution in [3.05, 3.63) is 137 Å². The van der Waals surface area contributed by atoms with Crippen molar-refractivity contribution in [3.63, 3.8) is 0 Å². The van der Waals surface area contributed by atoms with E-state index < -0.39 is 5.97 Å². The number of carboxylic acid groups (broad SMARTS) is 1. The summed E-state index contributed by atoms with van der Waals surface area (Å²) in [4.78, 5) is 28.4. The molecule has 3 heterocycles. The number of hydrogen-bond donors (Lipinski definition) is 2. The maximum Gasteiger partial charge on any atom is 0.328 e. The summed E-state index contributed by atoms with van der Waals surface area (Å²) in [5.41, 5.74) is 6.55. The fourth-order valence-corrected chi connectivity index (χ4v) is 9.34. The first-order valence-electron chi connectivity index (χ1n) is 22.6. The fourth-order valence-electron chi connectivity index (χ4n) is 8.10. The quantitative estimate of drug-likeness (QED) is 0.0439. The number of carbonyl (C=O) groups excluding carboxylic acids is 1. The monoisotopic (exact) mass is 891 g/mol. The first kappa shape index (κ1) is 44.7. The highest BCUT2D eigenvalue weighted by Gasteiger charge is 2.41. The van der Waals surface area contributed by atoms with Gasteiger partial charge < -0.3 is 34.1 Å². The number of aliphatic hydroxyl groups is 1. The molecule has 0 amide bonds. The van der Waals surface area contributed by atoms with Gasteiger partial charge in [0, 0.05) is 46.7 Å². The van der Waals surface area contributed by atoms with Gasteiger partial charge in [-0.1, -0.05) is 64.5 Å². The summed E-state index contributed by atoms with van der Waals surface area (Å²) in [6.45, 7) is 6.49. The van der Waals surface area contributed by atoms with Crippen LogP contribution < -0.4 is 28.4 Å². The van der Waals surface area contributed by atoms with Crippen LogP contribution in [0.5, 0.6) is 23.0 Å². The molecule has 11 heteroatoms. The van der Waals surface area contributed by atoms with Crippen molar-refractivity contribution in [1.29, 1.82) is 0 Å². The van der Waals surface area contributed by atoms with Crippen molar-refractivity contribution in [2.24, 2.45) is 7.05 Å². The third-order valence-corrected chi connectivity index (χ3v) is 12.9. The number of aryl methyl sites for hydroxylation is 1. The van der Waals surface area contributed by atoms with E-state index in [9.17, 15) is 14.7 Å². The molecule has 2 aromatic heterocycles. The number of aromatic nitrogens is 1. The maximum atomic E-state index is 13.9. The van der Waals surface area contributed by atoms with Crippen molar-refractivity contribution in [2.75, 3.05) is 31.3 Å². The fraction of sp³-hybridized carbons (Fsp3) is 0.278. The first-order chi connectivity index (χ1) is 31.7. The second-order valence-electron chi connectivity index (χ2n) is 16.2. The minimum Gasteiger partial charge on any atom is -0.506 e. The lowest BCUT2D eigenvalue weighted by atomic mass is 9.86. The molecule has 8 rings (SSSR count). The molecule has 334 valence electrons. The summed E-state index contributed by atoms with van der Waals surface area (Å²) in [5.74, 6) is 1.30. The molecule has 0 atom stereocenters. The lowest BCUT2D eigenvalue weighted by molar-refractivity contribution is -0.646. The average molecular weight is 892 g/mol. The largest absolute Gasteiger partial charge is 0.506 e. The van der Waals surface area contributed by atoms with Crippen LogP contribution in [0.1, 0.15) is 81.3 Å². The van der Waals surface area contributed by atoms with Gasteiger partial charge in [-0.2, -0.15) is 4.57 Å². The van der Waals surface area contributed by atoms with Crippen LogP contribution in [0.2, 0.25) is 0 Å². The zero-order valence-electron chi connectivity index (χ0n) is 37.2. The van der Waals surface area contributed by atoms with Gasteiger partial charge >= 0.3 is 5.97 Å². The van der Waals surface area contributed by atoms with Gasteiger partial charge in [0.05, 0.1) is 34.1 Å². The molecule has 0 radical (unpaired) electrons.